The highest BCUT2D eigenvalue weighted by Crippen LogP contribution is 2.41. The van der Waals surface area contributed by atoms with Crippen LogP contribution in [0.2, 0.25) is 5.02 Å². The first kappa shape index (κ1) is 20.4. The number of carbonyl (C=O) groups excluding carboxylic acids is 2. The van der Waals surface area contributed by atoms with E-state index in [4.69, 9.17) is 16.3 Å². The molecule has 1 aliphatic rings. The Kier molecular flexibility index (Phi) is 5.74. The van der Waals surface area contributed by atoms with Gasteiger partial charge in [0.15, 0.2) is 5.78 Å². The minimum absolute atomic E-state index is 0.0507. The van der Waals surface area contributed by atoms with Gasteiger partial charge in [-0.2, -0.15) is 5.10 Å². The molecule has 0 bridgehead atoms. The van der Waals surface area contributed by atoms with Crippen LogP contribution in [0.25, 0.3) is 16.5 Å². The number of aromatic nitrogens is 2. The van der Waals surface area contributed by atoms with Crippen molar-refractivity contribution < 1.29 is 14.3 Å². The molecule has 0 aliphatic carbocycles. The number of rotatable bonds is 6. The number of amides is 1. The Morgan fingerprint density at radius 2 is 2.20 bits per heavy atom. The summed E-state index contributed by atoms with van der Waals surface area (Å²) in [4.78, 5) is 25.3. The summed E-state index contributed by atoms with van der Waals surface area (Å²) in [5.74, 6) is 0.504. The van der Waals surface area contributed by atoms with Gasteiger partial charge in [-0.3, -0.25) is 14.3 Å². The van der Waals surface area contributed by atoms with Crippen LogP contribution in [0.15, 0.2) is 42.6 Å². The molecule has 2 aromatic heterocycles. The molecule has 0 spiro atoms. The zero-order chi connectivity index (χ0) is 21.3. The lowest BCUT2D eigenvalue weighted by Gasteiger charge is -2.11. The maximum Gasteiger partial charge on any atom is 0.244 e. The molecular formula is C22H20ClN3O3S. The van der Waals surface area contributed by atoms with Gasteiger partial charge in [-0.1, -0.05) is 11.6 Å². The summed E-state index contributed by atoms with van der Waals surface area (Å²) < 4.78 is 7.63. The van der Waals surface area contributed by atoms with Gasteiger partial charge >= 0.3 is 0 Å². The molecule has 1 amide bonds. The smallest absolute Gasteiger partial charge is 0.244 e. The van der Waals surface area contributed by atoms with Gasteiger partial charge < -0.3 is 10.1 Å². The summed E-state index contributed by atoms with van der Waals surface area (Å²) in [6.07, 6.45) is 5.41. The highest BCUT2D eigenvalue weighted by molar-refractivity contribution is 7.17. The number of fused-ring (bicyclic) bond motifs is 1. The average Bonchev–Trinajstić information content (AvgIpc) is 3.43. The number of benzene rings is 1. The Balaban J connectivity index is 1.39. The summed E-state index contributed by atoms with van der Waals surface area (Å²) >= 11 is 7.89. The molecule has 0 fully saturated rings. The van der Waals surface area contributed by atoms with Crippen LogP contribution in [0.4, 0.5) is 0 Å². The maximum atomic E-state index is 12.1. The number of ketones is 1. The molecule has 1 aromatic carbocycles. The first-order chi connectivity index (χ1) is 14.4. The normalized spacial score (nSPS) is 15.2. The molecule has 154 valence electrons. The number of halogens is 1. The number of hydrogen-bond acceptors (Lipinski definition) is 5. The lowest BCUT2D eigenvalue weighted by Crippen LogP contribution is -2.33. The van der Waals surface area contributed by atoms with Gasteiger partial charge in [-0.15, -0.1) is 11.3 Å². The number of carbonyl (C=O) groups is 2. The summed E-state index contributed by atoms with van der Waals surface area (Å²) in [7, 11) is 1.82. The Labute approximate surface area is 183 Å². The fourth-order valence-electron chi connectivity index (χ4n) is 3.28. The summed E-state index contributed by atoms with van der Waals surface area (Å²) in [5.41, 5.74) is 2.68. The van der Waals surface area contributed by atoms with Crippen molar-refractivity contribution in [2.24, 2.45) is 7.05 Å². The van der Waals surface area contributed by atoms with E-state index in [1.807, 2.05) is 43.6 Å². The predicted octanol–water partition coefficient (Wildman–Crippen LogP) is 4.14. The Bertz CT molecular complexity index is 1150. The SMILES string of the molecule is CC(=O)c1ccc(-c2cc(Cl)c3c(c2)CC(CNC(=O)/C=C/c2ccn(C)n2)O3)s1. The highest BCUT2D eigenvalue weighted by atomic mass is 35.5. The molecule has 0 saturated carbocycles. The van der Waals surface area contributed by atoms with Crippen molar-refractivity contribution in [3.05, 3.63) is 63.8 Å². The fourth-order valence-corrected chi connectivity index (χ4v) is 4.45. The number of aryl methyl sites for hydroxylation is 1. The van der Waals surface area contributed by atoms with E-state index in [0.717, 1.165) is 26.6 Å². The third-order valence-corrected chi connectivity index (χ3v) is 6.25. The molecule has 1 atom stereocenters. The minimum atomic E-state index is -0.206. The van der Waals surface area contributed by atoms with Gasteiger partial charge in [0.1, 0.15) is 11.9 Å². The molecule has 3 aromatic rings. The van der Waals surface area contributed by atoms with Gasteiger partial charge in [0.05, 0.1) is 22.1 Å². The minimum Gasteiger partial charge on any atom is -0.486 e. The van der Waals surface area contributed by atoms with Crippen LogP contribution in [0.1, 0.15) is 27.9 Å². The second kappa shape index (κ2) is 8.45. The molecule has 1 N–H and O–H groups in total. The van der Waals surface area contributed by atoms with Crippen LogP contribution in [-0.4, -0.2) is 34.1 Å². The second-order valence-electron chi connectivity index (χ2n) is 7.10. The highest BCUT2D eigenvalue weighted by Gasteiger charge is 2.26. The van der Waals surface area contributed by atoms with Crippen molar-refractivity contribution in [2.75, 3.05) is 6.54 Å². The number of nitrogens with one attached hydrogen (secondary N) is 1. The van der Waals surface area contributed by atoms with E-state index in [0.29, 0.717) is 23.7 Å². The zero-order valence-corrected chi connectivity index (χ0v) is 18.1. The van der Waals surface area contributed by atoms with Crippen molar-refractivity contribution in [2.45, 2.75) is 19.4 Å². The molecule has 30 heavy (non-hydrogen) atoms. The number of nitrogens with zero attached hydrogens (tertiary/aromatic N) is 2. The van der Waals surface area contributed by atoms with Crippen LogP contribution >= 0.6 is 22.9 Å². The van der Waals surface area contributed by atoms with Gasteiger partial charge in [-0.05, 0) is 48.9 Å². The van der Waals surface area contributed by atoms with Gasteiger partial charge in [-0.25, -0.2) is 0 Å². The van der Waals surface area contributed by atoms with Crippen molar-refractivity contribution in [3.8, 4) is 16.2 Å². The second-order valence-corrected chi connectivity index (χ2v) is 8.59. The van der Waals surface area contributed by atoms with E-state index in [-0.39, 0.29) is 17.8 Å². The molecule has 0 radical (unpaired) electrons. The lowest BCUT2D eigenvalue weighted by atomic mass is 10.1. The van der Waals surface area contributed by atoms with Gasteiger partial charge in [0.25, 0.3) is 0 Å². The van der Waals surface area contributed by atoms with E-state index < -0.39 is 0 Å². The topological polar surface area (TPSA) is 73.2 Å². The first-order valence-electron chi connectivity index (χ1n) is 9.45. The van der Waals surface area contributed by atoms with Crippen molar-refractivity contribution >= 4 is 40.7 Å². The third-order valence-electron chi connectivity index (χ3n) is 4.73. The summed E-state index contributed by atoms with van der Waals surface area (Å²) in [5, 5.41) is 7.58. The third kappa shape index (κ3) is 4.47. The monoisotopic (exact) mass is 441 g/mol. The van der Waals surface area contributed by atoms with Crippen LogP contribution in [-0.2, 0) is 18.3 Å². The van der Waals surface area contributed by atoms with Crippen molar-refractivity contribution in [3.63, 3.8) is 0 Å². The van der Waals surface area contributed by atoms with E-state index in [9.17, 15) is 9.59 Å². The van der Waals surface area contributed by atoms with E-state index in [1.165, 1.54) is 17.4 Å². The molecule has 1 unspecified atom stereocenters. The molecule has 0 saturated heterocycles. The van der Waals surface area contributed by atoms with Crippen LogP contribution in [0.5, 0.6) is 5.75 Å². The van der Waals surface area contributed by atoms with E-state index in [2.05, 4.69) is 10.4 Å². The molecule has 3 heterocycles. The molecule has 1 aliphatic heterocycles. The van der Waals surface area contributed by atoms with Gasteiger partial charge in [0.2, 0.25) is 5.91 Å². The number of hydrogen-bond donors (Lipinski definition) is 1. The number of thiophene rings is 1. The number of Topliss-reactive ketones (excluding diaryl/α,β-unsaturated/α-hetero) is 1. The number of ether oxygens (including phenoxy) is 1. The van der Waals surface area contributed by atoms with Gasteiger partial charge in [0, 0.05) is 36.2 Å². The predicted molar refractivity (Wildman–Crippen MR) is 118 cm³/mol. The largest absolute Gasteiger partial charge is 0.486 e. The summed E-state index contributed by atoms with van der Waals surface area (Å²) in [6, 6.07) is 9.48. The van der Waals surface area contributed by atoms with E-state index >= 15 is 0 Å². The standard InChI is InChI=1S/C22H20ClN3O3S/c1-13(27)19-4-5-20(30-19)14-9-15-10-17(29-22(15)18(23)11-14)12-24-21(28)6-3-16-7-8-26(2)25-16/h3-9,11,17H,10,12H2,1-2H3,(H,24,28)/b6-3+. The lowest BCUT2D eigenvalue weighted by molar-refractivity contribution is -0.116. The molecule has 4 rings (SSSR count). The Morgan fingerprint density at radius 1 is 1.37 bits per heavy atom. The van der Waals surface area contributed by atoms with E-state index in [1.54, 1.807) is 17.7 Å². The fraction of sp³-hybridized carbons (Fsp3) is 0.227. The summed E-state index contributed by atoms with van der Waals surface area (Å²) in [6.45, 7) is 1.93. The first-order valence-corrected chi connectivity index (χ1v) is 10.6. The van der Waals surface area contributed by atoms with Crippen molar-refractivity contribution in [1.29, 1.82) is 0 Å². The molecule has 8 heteroatoms. The van der Waals surface area contributed by atoms with Crippen LogP contribution in [0, 0.1) is 0 Å². The van der Waals surface area contributed by atoms with Crippen LogP contribution in [0.3, 0.4) is 0 Å². The molecular weight excluding hydrogens is 422 g/mol. The Morgan fingerprint density at radius 3 is 2.90 bits per heavy atom. The average molecular weight is 442 g/mol. The Hall–Kier alpha value is -2.90. The maximum absolute atomic E-state index is 12.1. The molecule has 6 nitrogen and oxygen atoms in total. The zero-order valence-electron chi connectivity index (χ0n) is 16.5. The quantitative estimate of drug-likeness (QED) is 0.461. The van der Waals surface area contributed by atoms with Crippen LogP contribution < -0.4 is 10.1 Å². The van der Waals surface area contributed by atoms with Crippen molar-refractivity contribution in [1.82, 2.24) is 15.1 Å².